The van der Waals surface area contributed by atoms with Crippen molar-refractivity contribution in [3.8, 4) is 0 Å². The van der Waals surface area contributed by atoms with E-state index in [2.05, 4.69) is 5.32 Å². The van der Waals surface area contributed by atoms with E-state index in [-0.39, 0.29) is 18.9 Å². The number of carbonyl (C=O) groups is 2. The molecule has 1 N–H and O–H groups in total. The summed E-state index contributed by atoms with van der Waals surface area (Å²) in [7, 11) is -1.20. The Labute approximate surface area is 242 Å². The molecule has 8 nitrogen and oxygen atoms in total. The number of amides is 2. The van der Waals surface area contributed by atoms with Crippen LogP contribution in [0.3, 0.4) is 0 Å². The minimum atomic E-state index is -4.05. The molecule has 3 aromatic rings. The zero-order valence-corrected chi connectivity index (χ0v) is 25.2. The van der Waals surface area contributed by atoms with E-state index in [1.54, 1.807) is 37.3 Å². The molecule has 214 valence electrons. The molecule has 0 heterocycles. The maximum atomic E-state index is 14.2. The van der Waals surface area contributed by atoms with Gasteiger partial charge in [-0.25, -0.2) is 4.31 Å². The summed E-state index contributed by atoms with van der Waals surface area (Å²) < 4.78 is 29.3. The number of aryl methyl sites for hydroxylation is 2. The minimum absolute atomic E-state index is 0.0906. The van der Waals surface area contributed by atoms with Gasteiger partial charge in [0, 0.05) is 38.6 Å². The first-order valence-electron chi connectivity index (χ1n) is 13.1. The normalized spacial score (nSPS) is 12.2. The number of anilines is 1. The van der Waals surface area contributed by atoms with Crippen LogP contribution in [0, 0.1) is 13.8 Å². The Morgan fingerprint density at radius 2 is 1.57 bits per heavy atom. The van der Waals surface area contributed by atoms with Crippen LogP contribution < -0.4 is 9.62 Å². The molecule has 0 saturated heterocycles. The maximum absolute atomic E-state index is 14.2. The van der Waals surface area contributed by atoms with Crippen LogP contribution in [-0.2, 0) is 32.8 Å². The molecule has 0 aliphatic rings. The number of likely N-dealkylation sites (N-methyl/N-ethyl adjacent to an activating group) is 1. The lowest BCUT2D eigenvalue weighted by molar-refractivity contribution is -0.140. The van der Waals surface area contributed by atoms with E-state index in [0.29, 0.717) is 22.8 Å². The summed E-state index contributed by atoms with van der Waals surface area (Å²) in [5.74, 6) is -0.823. The van der Waals surface area contributed by atoms with Gasteiger partial charge in [-0.15, -0.1) is 0 Å². The smallest absolute Gasteiger partial charge is 0.304 e. The summed E-state index contributed by atoms with van der Waals surface area (Å²) in [6.07, 6.45) is 0.260. The van der Waals surface area contributed by atoms with E-state index in [0.717, 1.165) is 25.3 Å². The monoisotopic (exact) mass is 584 g/mol. The molecule has 40 heavy (non-hydrogen) atoms. The van der Waals surface area contributed by atoms with Crippen molar-refractivity contribution in [2.45, 2.75) is 39.8 Å². The highest BCUT2D eigenvalue weighted by atomic mass is 35.5. The Balaban J connectivity index is 2.11. The topological polar surface area (TPSA) is 90.0 Å². The summed E-state index contributed by atoms with van der Waals surface area (Å²) in [6, 6.07) is 21.0. The summed E-state index contributed by atoms with van der Waals surface area (Å²) in [6.45, 7) is 5.47. The standard InChI is InChI=1S/C30H37ClN4O4S/c1-6-32-30(37)28(19-24-10-8-7-9-11-24)34(20-25-14-16-26(31)17-15-25)29(36)21-35(40(38,39)33(4)5)27-18-22(2)12-13-23(27)3/h7-18,28H,6,19-21H2,1-5H3,(H,32,37)/t28-/m0/s1. The second-order valence-electron chi connectivity index (χ2n) is 9.83. The Bertz CT molecular complexity index is 1410. The second-order valence-corrected chi connectivity index (χ2v) is 12.3. The Morgan fingerprint density at radius 3 is 2.17 bits per heavy atom. The zero-order valence-electron chi connectivity index (χ0n) is 23.6. The van der Waals surface area contributed by atoms with Crippen molar-refractivity contribution in [1.82, 2.24) is 14.5 Å². The number of hydrogen-bond donors (Lipinski definition) is 1. The van der Waals surface area contributed by atoms with Crippen molar-refractivity contribution in [1.29, 1.82) is 0 Å². The lowest BCUT2D eigenvalue weighted by atomic mass is 10.0. The van der Waals surface area contributed by atoms with Crippen LogP contribution in [0.1, 0.15) is 29.2 Å². The molecule has 0 spiro atoms. The third-order valence-corrected chi connectivity index (χ3v) is 8.60. The molecule has 0 aliphatic heterocycles. The first kappa shape index (κ1) is 31.1. The van der Waals surface area contributed by atoms with Crippen LogP contribution in [0.4, 0.5) is 5.69 Å². The Kier molecular flexibility index (Phi) is 10.7. The van der Waals surface area contributed by atoms with Gasteiger partial charge in [0.05, 0.1) is 5.69 Å². The van der Waals surface area contributed by atoms with Gasteiger partial charge in [-0.1, -0.05) is 66.2 Å². The highest BCUT2D eigenvalue weighted by Gasteiger charge is 2.35. The maximum Gasteiger partial charge on any atom is 0.304 e. The van der Waals surface area contributed by atoms with Crippen LogP contribution in [0.2, 0.25) is 5.02 Å². The van der Waals surface area contributed by atoms with E-state index in [9.17, 15) is 18.0 Å². The molecule has 0 aliphatic carbocycles. The quantitative estimate of drug-likeness (QED) is 0.343. The van der Waals surface area contributed by atoms with Crippen LogP contribution in [0.15, 0.2) is 72.8 Å². The van der Waals surface area contributed by atoms with Crippen LogP contribution >= 0.6 is 11.6 Å². The molecule has 0 unspecified atom stereocenters. The van der Waals surface area contributed by atoms with Crippen LogP contribution in [0.25, 0.3) is 0 Å². The highest BCUT2D eigenvalue weighted by molar-refractivity contribution is 7.90. The third-order valence-electron chi connectivity index (χ3n) is 6.54. The average molecular weight is 585 g/mol. The summed E-state index contributed by atoms with van der Waals surface area (Å²) in [5.41, 5.74) is 3.60. The van der Waals surface area contributed by atoms with E-state index >= 15 is 0 Å². The fourth-order valence-corrected chi connectivity index (χ4v) is 5.56. The van der Waals surface area contributed by atoms with E-state index < -0.39 is 28.7 Å². The molecule has 3 rings (SSSR count). The molecule has 3 aromatic carbocycles. The van der Waals surface area contributed by atoms with Gasteiger partial charge in [0.15, 0.2) is 0 Å². The van der Waals surface area contributed by atoms with E-state index in [1.165, 1.54) is 19.0 Å². The SMILES string of the molecule is CCNC(=O)[C@H](Cc1ccccc1)N(Cc1ccc(Cl)cc1)C(=O)CN(c1cc(C)ccc1C)S(=O)(=O)N(C)C. The number of nitrogens with zero attached hydrogens (tertiary/aromatic N) is 3. The lowest BCUT2D eigenvalue weighted by Crippen LogP contribution is -2.54. The highest BCUT2D eigenvalue weighted by Crippen LogP contribution is 2.26. The van der Waals surface area contributed by atoms with Crippen molar-refractivity contribution < 1.29 is 18.0 Å². The van der Waals surface area contributed by atoms with E-state index in [1.807, 2.05) is 56.3 Å². The molecular weight excluding hydrogens is 548 g/mol. The van der Waals surface area contributed by atoms with Crippen molar-refractivity contribution in [3.05, 3.63) is 100 Å². The molecule has 0 aromatic heterocycles. The zero-order chi connectivity index (χ0) is 29.4. The fraction of sp³-hybridized carbons (Fsp3) is 0.333. The van der Waals surface area contributed by atoms with Crippen LogP contribution in [0.5, 0.6) is 0 Å². The van der Waals surface area contributed by atoms with Gasteiger partial charge in [0.1, 0.15) is 12.6 Å². The molecule has 0 fully saturated rings. The van der Waals surface area contributed by atoms with Crippen molar-refractivity contribution >= 4 is 39.3 Å². The minimum Gasteiger partial charge on any atom is -0.355 e. The largest absolute Gasteiger partial charge is 0.355 e. The molecule has 0 saturated carbocycles. The Morgan fingerprint density at radius 1 is 0.925 bits per heavy atom. The number of hydrogen-bond acceptors (Lipinski definition) is 4. The lowest BCUT2D eigenvalue weighted by Gasteiger charge is -2.34. The number of carbonyl (C=O) groups excluding carboxylic acids is 2. The Hall–Kier alpha value is -3.40. The predicted octanol–water partition coefficient (Wildman–Crippen LogP) is 4.35. The summed E-state index contributed by atoms with van der Waals surface area (Å²) >= 11 is 6.09. The average Bonchev–Trinajstić information content (AvgIpc) is 2.92. The number of nitrogens with one attached hydrogen (secondary N) is 1. The molecule has 2 amide bonds. The first-order valence-corrected chi connectivity index (χ1v) is 14.8. The summed E-state index contributed by atoms with van der Waals surface area (Å²) in [4.78, 5) is 29.1. The van der Waals surface area contributed by atoms with Gasteiger partial charge >= 0.3 is 10.2 Å². The molecule has 0 radical (unpaired) electrons. The van der Waals surface area contributed by atoms with Gasteiger partial charge in [-0.2, -0.15) is 12.7 Å². The van der Waals surface area contributed by atoms with Gasteiger partial charge in [-0.05, 0) is 61.2 Å². The van der Waals surface area contributed by atoms with Gasteiger partial charge in [0.2, 0.25) is 11.8 Å². The van der Waals surface area contributed by atoms with Gasteiger partial charge < -0.3 is 10.2 Å². The number of benzene rings is 3. The molecule has 0 bridgehead atoms. The molecule has 10 heteroatoms. The predicted molar refractivity (Wildman–Crippen MR) is 160 cm³/mol. The third kappa shape index (κ3) is 7.84. The second kappa shape index (κ2) is 13.8. The van der Waals surface area contributed by atoms with Crippen molar-refractivity contribution in [2.75, 3.05) is 31.5 Å². The fourth-order valence-electron chi connectivity index (χ4n) is 4.32. The van der Waals surface area contributed by atoms with Gasteiger partial charge in [-0.3, -0.25) is 9.59 Å². The number of rotatable bonds is 12. The van der Waals surface area contributed by atoms with Crippen molar-refractivity contribution in [3.63, 3.8) is 0 Å². The molecular formula is C30H37ClN4O4S. The first-order chi connectivity index (χ1) is 18.9. The number of halogens is 1. The van der Waals surface area contributed by atoms with Crippen molar-refractivity contribution in [2.24, 2.45) is 0 Å². The molecule has 1 atom stereocenters. The van der Waals surface area contributed by atoms with Crippen LogP contribution in [-0.4, -0.2) is 62.7 Å². The van der Waals surface area contributed by atoms with Gasteiger partial charge in [0.25, 0.3) is 0 Å². The van der Waals surface area contributed by atoms with E-state index in [4.69, 9.17) is 11.6 Å². The summed E-state index contributed by atoms with van der Waals surface area (Å²) in [5, 5.41) is 3.40.